The maximum atomic E-state index is 11.5. The number of aliphatic hydroxyl groups is 1. The van der Waals surface area contributed by atoms with Crippen molar-refractivity contribution in [3.8, 4) is 0 Å². The number of carbonyl (C=O) groups excluding carboxylic acids is 2. The van der Waals surface area contributed by atoms with Gasteiger partial charge in [-0.3, -0.25) is 4.79 Å². The van der Waals surface area contributed by atoms with Crippen LogP contribution in [-0.2, 0) is 16.0 Å². The summed E-state index contributed by atoms with van der Waals surface area (Å²) in [5.41, 5.74) is 1.11. The molecule has 0 bridgehead atoms. The van der Waals surface area contributed by atoms with Crippen molar-refractivity contribution in [1.82, 2.24) is 0 Å². The Morgan fingerprint density at radius 2 is 2.18 bits per heavy atom. The lowest BCUT2D eigenvalue weighted by Crippen LogP contribution is -2.12. The van der Waals surface area contributed by atoms with Crippen molar-refractivity contribution in [3.63, 3.8) is 0 Å². The minimum atomic E-state index is -0.800. The fraction of sp³-hybridized carbons (Fsp3) is 0.231. The minimum absolute atomic E-state index is 0.260. The molecule has 1 aromatic rings. The van der Waals surface area contributed by atoms with E-state index in [0.29, 0.717) is 17.4 Å². The highest BCUT2D eigenvalue weighted by molar-refractivity contribution is 5.91. The number of benzene rings is 1. The Morgan fingerprint density at radius 3 is 2.82 bits per heavy atom. The van der Waals surface area contributed by atoms with Crippen molar-refractivity contribution < 1.29 is 19.4 Å². The molecule has 0 spiro atoms. The quantitative estimate of drug-likeness (QED) is 0.471. The second-order valence-electron chi connectivity index (χ2n) is 3.44. The molecule has 0 aromatic heterocycles. The molecule has 90 valence electrons. The Balaban J connectivity index is 2.86. The van der Waals surface area contributed by atoms with E-state index < -0.39 is 12.1 Å². The molecule has 1 atom stereocenters. The van der Waals surface area contributed by atoms with E-state index in [9.17, 15) is 14.7 Å². The molecule has 1 rings (SSSR count). The van der Waals surface area contributed by atoms with Gasteiger partial charge in [-0.15, -0.1) is 0 Å². The molecule has 0 heterocycles. The molecule has 4 nitrogen and oxygen atoms in total. The van der Waals surface area contributed by atoms with Gasteiger partial charge in [-0.25, -0.2) is 4.79 Å². The lowest BCUT2D eigenvalue weighted by molar-refractivity contribution is -0.104. The van der Waals surface area contributed by atoms with Gasteiger partial charge in [0.25, 0.3) is 0 Å². The van der Waals surface area contributed by atoms with Gasteiger partial charge in [0.15, 0.2) is 0 Å². The monoisotopic (exact) mass is 234 g/mol. The van der Waals surface area contributed by atoms with Crippen molar-refractivity contribution in [1.29, 1.82) is 0 Å². The Labute approximate surface area is 99.5 Å². The SMILES string of the molecule is COC(=O)c1ccccc1CC(O)/C=C/C=O. The van der Waals surface area contributed by atoms with Crippen LogP contribution in [0.4, 0.5) is 0 Å². The van der Waals surface area contributed by atoms with Gasteiger partial charge in [-0.05, 0) is 17.7 Å². The zero-order valence-corrected chi connectivity index (χ0v) is 9.50. The number of hydrogen-bond donors (Lipinski definition) is 1. The third-order valence-corrected chi connectivity index (χ3v) is 2.26. The van der Waals surface area contributed by atoms with Crippen LogP contribution in [0, 0.1) is 0 Å². The van der Waals surface area contributed by atoms with Crippen LogP contribution in [0.5, 0.6) is 0 Å². The van der Waals surface area contributed by atoms with Gasteiger partial charge in [-0.2, -0.15) is 0 Å². The van der Waals surface area contributed by atoms with Gasteiger partial charge >= 0.3 is 5.97 Å². The highest BCUT2D eigenvalue weighted by Crippen LogP contribution is 2.12. The first kappa shape index (κ1) is 13.1. The number of esters is 1. The van der Waals surface area contributed by atoms with Gasteiger partial charge in [0, 0.05) is 6.42 Å². The van der Waals surface area contributed by atoms with Crippen LogP contribution in [0.1, 0.15) is 15.9 Å². The summed E-state index contributed by atoms with van der Waals surface area (Å²) >= 11 is 0. The highest BCUT2D eigenvalue weighted by atomic mass is 16.5. The zero-order valence-electron chi connectivity index (χ0n) is 9.50. The molecule has 0 saturated heterocycles. The third-order valence-electron chi connectivity index (χ3n) is 2.26. The van der Waals surface area contributed by atoms with E-state index in [1.54, 1.807) is 24.3 Å². The van der Waals surface area contributed by atoms with Crippen LogP contribution < -0.4 is 0 Å². The number of ether oxygens (including phenoxy) is 1. The summed E-state index contributed by atoms with van der Waals surface area (Å²) in [6, 6.07) is 6.88. The van der Waals surface area contributed by atoms with Crippen LogP contribution in [0.3, 0.4) is 0 Å². The number of rotatable bonds is 5. The predicted molar refractivity (Wildman–Crippen MR) is 62.7 cm³/mol. The number of carbonyl (C=O) groups is 2. The first-order valence-electron chi connectivity index (χ1n) is 5.15. The van der Waals surface area contributed by atoms with Crippen LogP contribution in [0.25, 0.3) is 0 Å². The lowest BCUT2D eigenvalue weighted by atomic mass is 10.0. The molecule has 0 aliphatic carbocycles. The maximum absolute atomic E-state index is 11.5. The number of hydrogen-bond acceptors (Lipinski definition) is 4. The summed E-state index contributed by atoms with van der Waals surface area (Å²) in [7, 11) is 1.31. The van der Waals surface area contributed by atoms with Crippen molar-refractivity contribution in [3.05, 3.63) is 47.5 Å². The van der Waals surface area contributed by atoms with E-state index in [0.717, 1.165) is 0 Å². The Morgan fingerprint density at radius 1 is 1.47 bits per heavy atom. The summed E-state index contributed by atoms with van der Waals surface area (Å²) in [6.45, 7) is 0. The lowest BCUT2D eigenvalue weighted by Gasteiger charge is -2.09. The summed E-state index contributed by atoms with van der Waals surface area (Å²) in [6.07, 6.45) is 2.66. The average molecular weight is 234 g/mol. The molecular formula is C13H14O4. The van der Waals surface area contributed by atoms with Crippen LogP contribution in [0.15, 0.2) is 36.4 Å². The first-order chi connectivity index (χ1) is 8.19. The molecule has 4 heteroatoms. The van der Waals surface area contributed by atoms with Gasteiger partial charge in [-0.1, -0.05) is 24.3 Å². The molecule has 0 saturated carbocycles. The second kappa shape index (κ2) is 6.60. The Hall–Kier alpha value is -1.94. The summed E-state index contributed by atoms with van der Waals surface area (Å²) in [4.78, 5) is 21.6. The average Bonchev–Trinajstić information content (AvgIpc) is 2.36. The highest BCUT2D eigenvalue weighted by Gasteiger charge is 2.12. The molecule has 0 aliphatic heterocycles. The van der Waals surface area contributed by atoms with E-state index >= 15 is 0 Å². The van der Waals surface area contributed by atoms with Gasteiger partial charge < -0.3 is 9.84 Å². The molecular weight excluding hydrogens is 220 g/mol. The summed E-state index contributed by atoms with van der Waals surface area (Å²) < 4.78 is 4.64. The normalized spacial score (nSPS) is 12.4. The number of allylic oxidation sites excluding steroid dienone is 1. The van der Waals surface area contributed by atoms with E-state index in [1.165, 1.54) is 19.3 Å². The molecule has 1 N–H and O–H groups in total. The Bertz CT molecular complexity index is 423. The molecule has 0 radical (unpaired) electrons. The fourth-order valence-corrected chi connectivity index (χ4v) is 1.47. The maximum Gasteiger partial charge on any atom is 0.338 e. The number of methoxy groups -OCH3 is 1. The van der Waals surface area contributed by atoms with Crippen LogP contribution >= 0.6 is 0 Å². The van der Waals surface area contributed by atoms with E-state index in [2.05, 4.69) is 4.74 Å². The van der Waals surface area contributed by atoms with Crippen molar-refractivity contribution in [2.75, 3.05) is 7.11 Å². The van der Waals surface area contributed by atoms with Gasteiger partial charge in [0.05, 0.1) is 18.8 Å². The molecule has 17 heavy (non-hydrogen) atoms. The van der Waals surface area contributed by atoms with Crippen molar-refractivity contribution in [2.45, 2.75) is 12.5 Å². The fourth-order valence-electron chi connectivity index (χ4n) is 1.47. The zero-order chi connectivity index (χ0) is 12.7. The Kier molecular flexibility index (Phi) is 5.10. The smallest absolute Gasteiger partial charge is 0.338 e. The molecule has 0 aliphatic rings. The topological polar surface area (TPSA) is 63.6 Å². The third kappa shape index (κ3) is 3.85. The molecule has 0 fully saturated rings. The summed E-state index contributed by atoms with van der Waals surface area (Å²) in [5.74, 6) is -0.438. The van der Waals surface area contributed by atoms with E-state index in [1.807, 2.05) is 0 Å². The molecule has 0 amide bonds. The largest absolute Gasteiger partial charge is 0.465 e. The number of aldehydes is 1. The van der Waals surface area contributed by atoms with Crippen LogP contribution in [0.2, 0.25) is 0 Å². The molecule has 1 aromatic carbocycles. The van der Waals surface area contributed by atoms with Gasteiger partial charge in [0.2, 0.25) is 0 Å². The van der Waals surface area contributed by atoms with Crippen molar-refractivity contribution in [2.24, 2.45) is 0 Å². The van der Waals surface area contributed by atoms with Crippen LogP contribution in [-0.4, -0.2) is 30.6 Å². The number of aliphatic hydroxyl groups excluding tert-OH is 1. The first-order valence-corrected chi connectivity index (χ1v) is 5.15. The second-order valence-corrected chi connectivity index (χ2v) is 3.44. The summed E-state index contributed by atoms with van der Waals surface area (Å²) in [5, 5.41) is 9.61. The predicted octanol–water partition coefficient (Wildman–Crippen LogP) is 1.13. The minimum Gasteiger partial charge on any atom is -0.465 e. The molecule has 1 unspecified atom stereocenters. The van der Waals surface area contributed by atoms with Gasteiger partial charge in [0.1, 0.15) is 6.29 Å². The van der Waals surface area contributed by atoms with Crippen molar-refractivity contribution >= 4 is 12.3 Å². The standard InChI is InChI=1S/C13H14O4/c1-17-13(16)12-7-3-2-5-10(12)9-11(15)6-4-8-14/h2-8,11,15H,9H2,1H3/b6-4+. The van der Waals surface area contributed by atoms with E-state index in [4.69, 9.17) is 0 Å². The van der Waals surface area contributed by atoms with E-state index in [-0.39, 0.29) is 6.42 Å².